The molecule has 1 N–H and O–H groups in total. The van der Waals surface area contributed by atoms with Crippen LogP contribution < -0.4 is 0 Å². The van der Waals surface area contributed by atoms with Gasteiger partial charge in [0.25, 0.3) is 0 Å². The largest absolute Gasteiger partial charge is 0.478 e. The number of likely N-dealkylation sites (tertiary alicyclic amines) is 1. The van der Waals surface area contributed by atoms with Gasteiger partial charge in [-0.3, -0.25) is 9.58 Å². The maximum absolute atomic E-state index is 14.2. The molecule has 29 heavy (non-hydrogen) atoms. The van der Waals surface area contributed by atoms with Crippen LogP contribution in [0, 0.1) is 12.7 Å². The molecule has 1 aliphatic heterocycles. The number of carbonyl (C=O) groups is 1. The zero-order chi connectivity index (χ0) is 20.7. The van der Waals surface area contributed by atoms with E-state index in [9.17, 15) is 9.18 Å². The second kappa shape index (κ2) is 7.94. The predicted molar refractivity (Wildman–Crippen MR) is 111 cm³/mol. The molecule has 0 atom stereocenters. The van der Waals surface area contributed by atoms with Crippen LogP contribution in [0.3, 0.4) is 0 Å². The topological polar surface area (TPSA) is 58.4 Å². The molecular formula is C21H20Cl2FN3O2. The molecule has 3 aromatic rings. The molecule has 152 valence electrons. The summed E-state index contributed by atoms with van der Waals surface area (Å²) >= 11 is 12.2. The van der Waals surface area contributed by atoms with Gasteiger partial charge in [-0.15, -0.1) is 0 Å². The Morgan fingerprint density at radius 3 is 2.45 bits per heavy atom. The highest BCUT2D eigenvalue weighted by Gasteiger charge is 2.25. The fourth-order valence-corrected chi connectivity index (χ4v) is 4.61. The second-order valence-corrected chi connectivity index (χ2v) is 8.34. The van der Waals surface area contributed by atoms with Gasteiger partial charge in [0, 0.05) is 41.1 Å². The first-order valence-corrected chi connectivity index (χ1v) is 10.2. The molecule has 4 rings (SSSR count). The number of aryl methyl sites for hydroxylation is 1. The third-order valence-electron chi connectivity index (χ3n) is 5.44. The van der Waals surface area contributed by atoms with Crippen molar-refractivity contribution in [3.63, 3.8) is 0 Å². The molecule has 8 heteroatoms. The summed E-state index contributed by atoms with van der Waals surface area (Å²) in [7, 11) is 0. The average molecular weight is 436 g/mol. The van der Waals surface area contributed by atoms with Crippen LogP contribution >= 0.6 is 23.2 Å². The van der Waals surface area contributed by atoms with Crippen LogP contribution in [0.5, 0.6) is 0 Å². The smallest absolute Gasteiger partial charge is 0.338 e. The minimum Gasteiger partial charge on any atom is -0.478 e. The van der Waals surface area contributed by atoms with Crippen molar-refractivity contribution in [3.8, 4) is 0 Å². The van der Waals surface area contributed by atoms with Crippen molar-refractivity contribution >= 4 is 40.1 Å². The molecule has 1 saturated heterocycles. The van der Waals surface area contributed by atoms with E-state index < -0.39 is 11.8 Å². The molecule has 0 aliphatic carbocycles. The van der Waals surface area contributed by atoms with Crippen LogP contribution in [-0.2, 0) is 6.54 Å². The molecule has 0 saturated carbocycles. The van der Waals surface area contributed by atoms with Crippen LogP contribution in [0.15, 0.2) is 30.3 Å². The minimum absolute atomic E-state index is 0.139. The van der Waals surface area contributed by atoms with Gasteiger partial charge in [-0.1, -0.05) is 23.2 Å². The molecule has 0 bridgehead atoms. The number of piperidine rings is 1. The van der Waals surface area contributed by atoms with Gasteiger partial charge in [-0.05, 0) is 49.6 Å². The van der Waals surface area contributed by atoms with Crippen molar-refractivity contribution in [2.24, 2.45) is 0 Å². The van der Waals surface area contributed by atoms with Gasteiger partial charge in [0.05, 0.1) is 22.8 Å². The number of benzene rings is 2. The summed E-state index contributed by atoms with van der Waals surface area (Å²) in [6.07, 6.45) is 1.74. The van der Waals surface area contributed by atoms with Crippen molar-refractivity contribution in [1.82, 2.24) is 14.7 Å². The van der Waals surface area contributed by atoms with E-state index in [2.05, 4.69) is 10.00 Å². The van der Waals surface area contributed by atoms with Gasteiger partial charge in [0.2, 0.25) is 0 Å². The molecular weight excluding hydrogens is 416 g/mol. The van der Waals surface area contributed by atoms with E-state index in [0.717, 1.165) is 38.0 Å². The van der Waals surface area contributed by atoms with Gasteiger partial charge in [-0.25, -0.2) is 9.18 Å². The van der Waals surface area contributed by atoms with E-state index in [1.165, 1.54) is 12.1 Å². The molecule has 0 amide bonds. The van der Waals surface area contributed by atoms with Gasteiger partial charge < -0.3 is 5.11 Å². The summed E-state index contributed by atoms with van der Waals surface area (Å²) in [5.74, 6) is -2.01. The summed E-state index contributed by atoms with van der Waals surface area (Å²) < 4.78 is 16.1. The van der Waals surface area contributed by atoms with Crippen LogP contribution in [0.1, 0.15) is 40.5 Å². The molecule has 0 unspecified atom stereocenters. The number of aromatic carboxylic acids is 1. The van der Waals surface area contributed by atoms with Crippen LogP contribution in [0.4, 0.5) is 4.39 Å². The summed E-state index contributed by atoms with van der Waals surface area (Å²) in [4.78, 5) is 13.6. The number of hydrogen-bond acceptors (Lipinski definition) is 3. The summed E-state index contributed by atoms with van der Waals surface area (Å²) in [6.45, 7) is 4.32. The standard InChI is InChI=1S/C21H20Cl2FN3O2/c1-12-17-9-18(21(28)29)19(24)10-20(17)27(25-12)16-2-4-26(5-3-16)11-13-6-14(22)8-15(23)7-13/h6-10,16H,2-5,11H2,1H3,(H,28,29). The SMILES string of the molecule is Cc1nn(C2CCN(Cc3cc(Cl)cc(Cl)c3)CC2)c2cc(F)c(C(=O)O)cc12. The number of carboxylic acids is 1. The van der Waals surface area contributed by atoms with Crippen LogP contribution in [0.25, 0.3) is 10.9 Å². The van der Waals surface area contributed by atoms with E-state index in [-0.39, 0.29) is 11.6 Å². The lowest BCUT2D eigenvalue weighted by Crippen LogP contribution is -2.34. The fourth-order valence-electron chi connectivity index (χ4n) is 4.04. The van der Waals surface area contributed by atoms with E-state index in [0.29, 0.717) is 26.6 Å². The first kappa shape index (κ1) is 20.1. The number of halogens is 3. The predicted octanol–water partition coefficient (Wildman–Crippen LogP) is 5.33. The Labute approximate surface area is 177 Å². The number of nitrogens with zero attached hydrogens (tertiary/aromatic N) is 3. The lowest BCUT2D eigenvalue weighted by atomic mass is 10.0. The van der Waals surface area contributed by atoms with Crippen LogP contribution in [0.2, 0.25) is 10.0 Å². The molecule has 0 radical (unpaired) electrons. The van der Waals surface area contributed by atoms with E-state index in [1.54, 1.807) is 6.07 Å². The number of aromatic nitrogens is 2. The normalized spacial score (nSPS) is 15.9. The Bertz CT molecular complexity index is 1070. The van der Waals surface area contributed by atoms with Crippen molar-refractivity contribution in [1.29, 1.82) is 0 Å². The number of rotatable bonds is 4. The number of hydrogen-bond donors (Lipinski definition) is 1. The highest BCUT2D eigenvalue weighted by Crippen LogP contribution is 2.30. The average Bonchev–Trinajstić information content (AvgIpc) is 2.96. The molecule has 5 nitrogen and oxygen atoms in total. The summed E-state index contributed by atoms with van der Waals surface area (Å²) in [6, 6.07) is 8.38. The lowest BCUT2D eigenvalue weighted by molar-refractivity contribution is 0.0692. The molecule has 2 aromatic carbocycles. The maximum Gasteiger partial charge on any atom is 0.338 e. The summed E-state index contributed by atoms with van der Waals surface area (Å²) in [5, 5.41) is 15.7. The highest BCUT2D eigenvalue weighted by atomic mass is 35.5. The van der Waals surface area contributed by atoms with Gasteiger partial charge in [-0.2, -0.15) is 5.10 Å². The van der Waals surface area contributed by atoms with E-state index >= 15 is 0 Å². The van der Waals surface area contributed by atoms with Gasteiger partial charge in [0.1, 0.15) is 5.82 Å². The zero-order valence-corrected chi connectivity index (χ0v) is 17.3. The van der Waals surface area contributed by atoms with Crippen molar-refractivity contribution < 1.29 is 14.3 Å². The number of fused-ring (bicyclic) bond motifs is 1. The van der Waals surface area contributed by atoms with Crippen molar-refractivity contribution in [2.75, 3.05) is 13.1 Å². The quantitative estimate of drug-likeness (QED) is 0.601. The molecule has 1 aromatic heterocycles. The molecule has 1 aliphatic rings. The third-order valence-corrected chi connectivity index (χ3v) is 5.88. The third kappa shape index (κ3) is 4.10. The molecule has 0 spiro atoms. The monoisotopic (exact) mass is 435 g/mol. The Kier molecular flexibility index (Phi) is 5.51. The first-order valence-electron chi connectivity index (χ1n) is 9.41. The van der Waals surface area contributed by atoms with Crippen LogP contribution in [-0.4, -0.2) is 38.8 Å². The van der Waals surface area contributed by atoms with E-state index in [4.69, 9.17) is 28.3 Å². The highest BCUT2D eigenvalue weighted by molar-refractivity contribution is 6.34. The van der Waals surface area contributed by atoms with Crippen molar-refractivity contribution in [3.05, 3.63) is 63.0 Å². The Morgan fingerprint density at radius 1 is 1.17 bits per heavy atom. The van der Waals surface area contributed by atoms with Crippen molar-refractivity contribution in [2.45, 2.75) is 32.4 Å². The van der Waals surface area contributed by atoms with E-state index in [1.807, 2.05) is 23.7 Å². The number of carboxylic acid groups (broad SMARTS) is 1. The Morgan fingerprint density at radius 2 is 1.83 bits per heavy atom. The first-order chi connectivity index (χ1) is 13.8. The minimum atomic E-state index is -1.27. The Hall–Kier alpha value is -2.15. The summed E-state index contributed by atoms with van der Waals surface area (Å²) in [5.41, 5.74) is 2.10. The molecule has 1 fully saturated rings. The molecule has 2 heterocycles. The van der Waals surface area contributed by atoms with Gasteiger partial charge >= 0.3 is 5.97 Å². The fraction of sp³-hybridized carbons (Fsp3) is 0.333. The Balaban J connectivity index is 1.52. The lowest BCUT2D eigenvalue weighted by Gasteiger charge is -2.32. The zero-order valence-electron chi connectivity index (χ0n) is 15.8. The maximum atomic E-state index is 14.2. The van der Waals surface area contributed by atoms with Gasteiger partial charge in [0.15, 0.2) is 0 Å². The second-order valence-electron chi connectivity index (χ2n) is 7.47.